The number of rotatable bonds is 0. The Morgan fingerprint density at radius 3 is 2.50 bits per heavy atom. The molecule has 1 aromatic carbocycles. The van der Waals surface area contributed by atoms with Crippen LogP contribution < -0.4 is 0 Å². The van der Waals surface area contributed by atoms with Crippen molar-refractivity contribution in [2.75, 3.05) is 0 Å². The number of halogens is 3. The number of nitrogens with zero attached hydrogens (tertiary/aromatic N) is 1. The summed E-state index contributed by atoms with van der Waals surface area (Å²) in [5, 5.41) is 8.30. The van der Waals surface area contributed by atoms with Gasteiger partial charge in [0.25, 0.3) is 0 Å². The largest absolute Gasteiger partial charge is 0.417 e. The highest BCUT2D eigenvalue weighted by Gasteiger charge is 2.32. The lowest BCUT2D eigenvalue weighted by molar-refractivity contribution is -0.137. The van der Waals surface area contributed by atoms with Crippen molar-refractivity contribution in [1.29, 1.82) is 5.26 Å². The first-order chi connectivity index (χ1) is 5.55. The van der Waals surface area contributed by atoms with Gasteiger partial charge in [0.2, 0.25) is 0 Å². The van der Waals surface area contributed by atoms with Crippen molar-refractivity contribution < 1.29 is 13.2 Å². The molecular formula is C8H3F3N. The predicted octanol–water partition coefficient (Wildman–Crippen LogP) is 2.38. The third kappa shape index (κ3) is 1.56. The summed E-state index contributed by atoms with van der Waals surface area (Å²) in [7, 11) is 0. The van der Waals surface area contributed by atoms with Crippen LogP contribution in [0.2, 0.25) is 0 Å². The van der Waals surface area contributed by atoms with E-state index in [1.165, 1.54) is 18.2 Å². The van der Waals surface area contributed by atoms with Crippen LogP contribution in [-0.4, -0.2) is 0 Å². The maximum atomic E-state index is 12.1. The van der Waals surface area contributed by atoms with E-state index in [4.69, 9.17) is 5.26 Å². The van der Waals surface area contributed by atoms with E-state index >= 15 is 0 Å². The summed E-state index contributed by atoms with van der Waals surface area (Å²) in [6.45, 7) is 0. The van der Waals surface area contributed by atoms with Crippen molar-refractivity contribution in [2.45, 2.75) is 6.18 Å². The zero-order valence-corrected chi connectivity index (χ0v) is 5.81. The molecular weight excluding hydrogens is 167 g/mol. The second-order valence-corrected chi connectivity index (χ2v) is 2.07. The predicted molar refractivity (Wildman–Crippen MR) is 35.0 cm³/mol. The topological polar surface area (TPSA) is 23.8 Å². The molecule has 0 heterocycles. The molecule has 0 amide bonds. The molecule has 0 bridgehead atoms. The first kappa shape index (κ1) is 8.60. The van der Waals surface area contributed by atoms with Crippen LogP contribution in [0, 0.1) is 17.4 Å². The van der Waals surface area contributed by atoms with Crippen LogP contribution >= 0.6 is 0 Å². The Labute approximate surface area is 67.1 Å². The molecule has 0 aliphatic carbocycles. The van der Waals surface area contributed by atoms with Gasteiger partial charge in [-0.05, 0) is 6.07 Å². The van der Waals surface area contributed by atoms with Crippen molar-refractivity contribution in [2.24, 2.45) is 0 Å². The van der Waals surface area contributed by atoms with Gasteiger partial charge in [-0.2, -0.15) is 18.4 Å². The van der Waals surface area contributed by atoms with E-state index in [1.807, 2.05) is 0 Å². The lowest BCUT2D eigenvalue weighted by atomic mass is 10.1. The van der Waals surface area contributed by atoms with Gasteiger partial charge in [0.15, 0.2) is 0 Å². The lowest BCUT2D eigenvalue weighted by Crippen LogP contribution is -2.07. The Bertz CT molecular complexity index is 322. The minimum atomic E-state index is -4.47. The molecule has 0 fully saturated rings. The monoisotopic (exact) mass is 170 g/mol. The summed E-state index contributed by atoms with van der Waals surface area (Å²) in [6.07, 6.45) is -4.47. The SMILES string of the molecule is N#Cc1[c]cccc1C(F)(F)F. The van der Waals surface area contributed by atoms with E-state index in [-0.39, 0.29) is 0 Å². The summed E-state index contributed by atoms with van der Waals surface area (Å²) in [5.41, 5.74) is -1.41. The van der Waals surface area contributed by atoms with Gasteiger partial charge in [0, 0.05) is 6.07 Å². The number of benzene rings is 1. The maximum absolute atomic E-state index is 12.1. The van der Waals surface area contributed by atoms with Gasteiger partial charge in [-0.15, -0.1) is 0 Å². The van der Waals surface area contributed by atoms with Crippen LogP contribution in [0.3, 0.4) is 0 Å². The first-order valence-corrected chi connectivity index (χ1v) is 3.03. The summed E-state index contributed by atoms with van der Waals surface area (Å²) in [5.74, 6) is 0. The number of alkyl halides is 3. The summed E-state index contributed by atoms with van der Waals surface area (Å²) in [4.78, 5) is 0. The molecule has 61 valence electrons. The Morgan fingerprint density at radius 1 is 1.42 bits per heavy atom. The Hall–Kier alpha value is -1.50. The number of nitriles is 1. The average molecular weight is 170 g/mol. The fourth-order valence-electron chi connectivity index (χ4n) is 0.766. The summed E-state index contributed by atoms with van der Waals surface area (Å²) >= 11 is 0. The third-order valence-corrected chi connectivity index (χ3v) is 1.27. The first-order valence-electron chi connectivity index (χ1n) is 3.03. The molecule has 0 saturated carbocycles. The van der Waals surface area contributed by atoms with Gasteiger partial charge in [-0.25, -0.2) is 0 Å². The van der Waals surface area contributed by atoms with Crippen LogP contribution in [-0.2, 0) is 6.18 Å². The van der Waals surface area contributed by atoms with E-state index in [2.05, 4.69) is 6.07 Å². The minimum absolute atomic E-state index is 0.468. The van der Waals surface area contributed by atoms with E-state index in [0.29, 0.717) is 0 Å². The van der Waals surface area contributed by atoms with Gasteiger partial charge in [-0.1, -0.05) is 12.1 Å². The van der Waals surface area contributed by atoms with Gasteiger partial charge >= 0.3 is 6.18 Å². The molecule has 1 nitrogen and oxygen atoms in total. The quantitative estimate of drug-likeness (QED) is 0.586. The van der Waals surface area contributed by atoms with E-state index < -0.39 is 17.3 Å². The molecule has 0 saturated heterocycles. The van der Waals surface area contributed by atoms with Gasteiger partial charge in [0.1, 0.15) is 6.07 Å². The molecule has 12 heavy (non-hydrogen) atoms. The van der Waals surface area contributed by atoms with Crippen LogP contribution in [0.5, 0.6) is 0 Å². The molecule has 0 aliphatic rings. The standard InChI is InChI=1S/C8H3F3N/c9-8(10,11)7-4-2-1-3-6(7)5-12/h1-2,4H. The highest BCUT2D eigenvalue weighted by atomic mass is 19.4. The maximum Gasteiger partial charge on any atom is 0.417 e. The second-order valence-electron chi connectivity index (χ2n) is 2.07. The fraction of sp³-hybridized carbons (Fsp3) is 0.125. The summed E-state index contributed by atoms with van der Waals surface area (Å²) in [6, 6.07) is 6.96. The molecule has 0 unspecified atom stereocenters. The second kappa shape index (κ2) is 2.86. The molecule has 1 aromatic rings. The number of hydrogen-bond acceptors (Lipinski definition) is 1. The Morgan fingerprint density at radius 2 is 2.08 bits per heavy atom. The van der Waals surface area contributed by atoms with E-state index in [1.54, 1.807) is 0 Å². The van der Waals surface area contributed by atoms with Crippen LogP contribution in [0.4, 0.5) is 13.2 Å². The van der Waals surface area contributed by atoms with Crippen LogP contribution in [0.15, 0.2) is 18.2 Å². The van der Waals surface area contributed by atoms with Crippen molar-refractivity contribution in [1.82, 2.24) is 0 Å². The smallest absolute Gasteiger partial charge is 0.192 e. The fourth-order valence-corrected chi connectivity index (χ4v) is 0.766. The van der Waals surface area contributed by atoms with Crippen molar-refractivity contribution in [3.63, 3.8) is 0 Å². The van der Waals surface area contributed by atoms with Gasteiger partial charge in [0.05, 0.1) is 11.1 Å². The zero-order valence-electron chi connectivity index (χ0n) is 5.81. The highest BCUT2D eigenvalue weighted by molar-refractivity contribution is 5.37. The Balaban J connectivity index is 3.26. The zero-order chi connectivity index (χ0) is 9.19. The lowest BCUT2D eigenvalue weighted by Gasteiger charge is -2.06. The van der Waals surface area contributed by atoms with Gasteiger partial charge < -0.3 is 0 Å². The van der Waals surface area contributed by atoms with E-state index in [9.17, 15) is 13.2 Å². The van der Waals surface area contributed by atoms with Crippen LogP contribution in [0.25, 0.3) is 0 Å². The molecule has 0 spiro atoms. The normalized spacial score (nSPS) is 10.8. The summed E-state index contributed by atoms with van der Waals surface area (Å²) < 4.78 is 36.2. The molecule has 1 radical (unpaired) electrons. The Kier molecular flexibility index (Phi) is 2.05. The third-order valence-electron chi connectivity index (χ3n) is 1.27. The molecule has 0 aromatic heterocycles. The van der Waals surface area contributed by atoms with Crippen molar-refractivity contribution in [3.05, 3.63) is 35.4 Å². The van der Waals surface area contributed by atoms with Crippen molar-refractivity contribution >= 4 is 0 Å². The molecule has 4 heteroatoms. The molecule has 0 aliphatic heterocycles. The number of hydrogen-bond donors (Lipinski definition) is 0. The molecule has 1 rings (SSSR count). The van der Waals surface area contributed by atoms with E-state index in [0.717, 1.165) is 6.07 Å². The molecule has 0 atom stereocenters. The molecule has 0 N–H and O–H groups in total. The average Bonchev–Trinajstić information content (AvgIpc) is 2.03. The minimum Gasteiger partial charge on any atom is -0.192 e. The van der Waals surface area contributed by atoms with Crippen molar-refractivity contribution in [3.8, 4) is 6.07 Å². The van der Waals surface area contributed by atoms with Crippen LogP contribution in [0.1, 0.15) is 11.1 Å². The highest BCUT2D eigenvalue weighted by Crippen LogP contribution is 2.30. The van der Waals surface area contributed by atoms with Gasteiger partial charge in [-0.3, -0.25) is 0 Å².